The van der Waals surface area contributed by atoms with Gasteiger partial charge in [0.15, 0.2) is 0 Å². The predicted octanol–water partition coefficient (Wildman–Crippen LogP) is 4.30. The topological polar surface area (TPSA) is 88.8 Å². The van der Waals surface area contributed by atoms with E-state index >= 15 is 0 Å². The summed E-state index contributed by atoms with van der Waals surface area (Å²) in [4.78, 5) is 25.6. The normalized spacial score (nSPS) is 18.5. The molecule has 32 heavy (non-hydrogen) atoms. The summed E-state index contributed by atoms with van der Waals surface area (Å²) >= 11 is 12.6. The van der Waals surface area contributed by atoms with Crippen LogP contribution in [0.2, 0.25) is 10.2 Å². The van der Waals surface area contributed by atoms with Gasteiger partial charge in [0, 0.05) is 5.02 Å². The van der Waals surface area contributed by atoms with Crippen molar-refractivity contribution in [3.8, 4) is 11.4 Å². The monoisotopic (exact) mass is 471 g/mol. The van der Waals surface area contributed by atoms with Crippen molar-refractivity contribution in [1.29, 1.82) is 0 Å². The standard InChI is InChI=1S/C22H19Cl2N5O3/c1-13-18(19(24)28(27-13)16-6-4-5-15(23)11-16)12-25-29-20(30)22(2,26-21(29)31)14-7-9-17(32-3)10-8-14/h4-12H,1-3H3,(H,26,31)/b25-12+. The molecule has 1 aromatic heterocycles. The molecular formula is C22H19Cl2N5O3. The molecule has 1 atom stereocenters. The molecule has 1 fully saturated rings. The fourth-order valence-corrected chi connectivity index (χ4v) is 3.91. The van der Waals surface area contributed by atoms with Gasteiger partial charge in [0.1, 0.15) is 16.4 Å². The first-order chi connectivity index (χ1) is 15.2. The van der Waals surface area contributed by atoms with E-state index < -0.39 is 17.5 Å². The van der Waals surface area contributed by atoms with E-state index in [0.29, 0.717) is 33.3 Å². The van der Waals surface area contributed by atoms with Gasteiger partial charge in [-0.2, -0.15) is 10.2 Å². The van der Waals surface area contributed by atoms with Crippen LogP contribution in [0.4, 0.5) is 4.79 Å². The number of carbonyl (C=O) groups excluding carboxylic acids is 2. The van der Waals surface area contributed by atoms with Crippen LogP contribution in [-0.4, -0.2) is 40.1 Å². The van der Waals surface area contributed by atoms with Crippen molar-refractivity contribution in [2.45, 2.75) is 19.4 Å². The molecule has 164 valence electrons. The van der Waals surface area contributed by atoms with Crippen LogP contribution in [0.3, 0.4) is 0 Å². The number of aryl methyl sites for hydroxylation is 1. The SMILES string of the molecule is COc1ccc(C2(C)NC(=O)N(/N=C/c3c(C)nn(-c4cccc(Cl)c4)c3Cl)C2=O)cc1. The minimum Gasteiger partial charge on any atom is -0.497 e. The molecule has 3 amide bonds. The number of amides is 3. The Bertz CT molecular complexity index is 1240. The molecule has 0 aliphatic carbocycles. The van der Waals surface area contributed by atoms with Gasteiger partial charge < -0.3 is 10.1 Å². The summed E-state index contributed by atoms with van der Waals surface area (Å²) in [6.07, 6.45) is 1.35. The smallest absolute Gasteiger partial charge is 0.346 e. The van der Waals surface area contributed by atoms with Gasteiger partial charge in [-0.3, -0.25) is 4.79 Å². The van der Waals surface area contributed by atoms with Gasteiger partial charge in [-0.1, -0.05) is 41.4 Å². The number of hydrogen-bond donors (Lipinski definition) is 1. The molecule has 0 radical (unpaired) electrons. The first-order valence-electron chi connectivity index (χ1n) is 9.61. The zero-order valence-corrected chi connectivity index (χ0v) is 19.0. The van der Waals surface area contributed by atoms with Crippen molar-refractivity contribution in [3.05, 3.63) is 75.5 Å². The van der Waals surface area contributed by atoms with Gasteiger partial charge in [-0.15, -0.1) is 5.01 Å². The molecule has 1 aliphatic heterocycles. The van der Waals surface area contributed by atoms with Crippen LogP contribution in [0, 0.1) is 6.92 Å². The van der Waals surface area contributed by atoms with Crippen LogP contribution in [0.1, 0.15) is 23.7 Å². The lowest BCUT2D eigenvalue weighted by molar-refractivity contribution is -0.131. The van der Waals surface area contributed by atoms with Crippen LogP contribution in [-0.2, 0) is 10.3 Å². The van der Waals surface area contributed by atoms with Crippen LogP contribution in [0.15, 0.2) is 53.6 Å². The largest absolute Gasteiger partial charge is 0.497 e. The van der Waals surface area contributed by atoms with Crippen LogP contribution in [0.25, 0.3) is 5.69 Å². The van der Waals surface area contributed by atoms with Gasteiger partial charge >= 0.3 is 6.03 Å². The number of nitrogens with zero attached hydrogens (tertiary/aromatic N) is 4. The highest BCUT2D eigenvalue weighted by atomic mass is 35.5. The number of rotatable bonds is 5. The van der Waals surface area contributed by atoms with Gasteiger partial charge in [-0.25, -0.2) is 9.48 Å². The molecule has 0 spiro atoms. The molecule has 3 aromatic rings. The van der Waals surface area contributed by atoms with E-state index in [9.17, 15) is 9.59 Å². The van der Waals surface area contributed by atoms with Crippen molar-refractivity contribution >= 4 is 41.4 Å². The number of hydrazone groups is 1. The van der Waals surface area contributed by atoms with Crippen LogP contribution >= 0.6 is 23.2 Å². The molecule has 8 nitrogen and oxygen atoms in total. The number of imide groups is 1. The summed E-state index contributed by atoms with van der Waals surface area (Å²) in [7, 11) is 1.55. The van der Waals surface area contributed by atoms with Crippen LogP contribution < -0.4 is 10.1 Å². The maximum absolute atomic E-state index is 13.1. The van der Waals surface area contributed by atoms with Crippen LogP contribution in [0.5, 0.6) is 5.75 Å². The first-order valence-corrected chi connectivity index (χ1v) is 10.4. The number of hydrogen-bond acceptors (Lipinski definition) is 5. The maximum atomic E-state index is 13.1. The second kappa shape index (κ2) is 8.29. The number of benzene rings is 2. The van der Waals surface area contributed by atoms with E-state index in [1.165, 1.54) is 10.9 Å². The van der Waals surface area contributed by atoms with Gasteiger partial charge in [0.2, 0.25) is 0 Å². The Morgan fingerprint density at radius 2 is 1.88 bits per heavy atom. The van der Waals surface area contributed by atoms with E-state index in [1.54, 1.807) is 63.4 Å². The highest BCUT2D eigenvalue weighted by Crippen LogP contribution is 2.30. The lowest BCUT2D eigenvalue weighted by Crippen LogP contribution is -2.40. The van der Waals surface area contributed by atoms with Crippen molar-refractivity contribution in [2.75, 3.05) is 7.11 Å². The first kappa shape index (κ1) is 21.9. The number of carbonyl (C=O) groups is 2. The minimum atomic E-state index is -1.26. The molecule has 0 bridgehead atoms. The van der Waals surface area contributed by atoms with E-state index in [0.717, 1.165) is 5.01 Å². The number of nitrogens with one attached hydrogen (secondary N) is 1. The maximum Gasteiger partial charge on any atom is 0.346 e. The fraction of sp³-hybridized carbons (Fsp3) is 0.182. The number of halogens is 2. The Hall–Kier alpha value is -3.36. The minimum absolute atomic E-state index is 0.276. The summed E-state index contributed by atoms with van der Waals surface area (Å²) in [6.45, 7) is 3.38. The van der Waals surface area contributed by atoms with Crippen molar-refractivity contribution in [2.24, 2.45) is 5.10 Å². The van der Waals surface area contributed by atoms with E-state index in [1.807, 2.05) is 6.07 Å². The quantitative estimate of drug-likeness (QED) is 0.443. The predicted molar refractivity (Wildman–Crippen MR) is 122 cm³/mol. The van der Waals surface area contributed by atoms with Gasteiger partial charge in [0.25, 0.3) is 5.91 Å². The third-order valence-corrected chi connectivity index (χ3v) is 5.84. The highest BCUT2D eigenvalue weighted by molar-refractivity contribution is 6.32. The van der Waals surface area contributed by atoms with E-state index in [-0.39, 0.29) is 5.15 Å². The third kappa shape index (κ3) is 3.72. The molecule has 10 heteroatoms. The number of aromatic nitrogens is 2. The van der Waals surface area contributed by atoms with Crippen molar-refractivity contribution < 1.29 is 14.3 Å². The summed E-state index contributed by atoms with van der Waals surface area (Å²) in [6, 6.07) is 13.3. The molecular weight excluding hydrogens is 453 g/mol. The van der Waals surface area contributed by atoms with Crippen molar-refractivity contribution in [3.63, 3.8) is 0 Å². The zero-order chi connectivity index (χ0) is 23.0. The van der Waals surface area contributed by atoms with E-state index in [4.69, 9.17) is 27.9 Å². The average molecular weight is 472 g/mol. The molecule has 2 aromatic carbocycles. The summed E-state index contributed by atoms with van der Waals surface area (Å²) in [5.41, 5.74) is 1.07. The Balaban J connectivity index is 1.62. The molecule has 1 N–H and O–H groups in total. The molecule has 2 heterocycles. The Morgan fingerprint density at radius 3 is 2.53 bits per heavy atom. The second-order valence-corrected chi connectivity index (χ2v) is 8.12. The summed E-state index contributed by atoms with van der Waals surface area (Å²) in [5.74, 6) is 0.130. The third-order valence-electron chi connectivity index (χ3n) is 5.24. The van der Waals surface area contributed by atoms with Gasteiger partial charge in [0.05, 0.1) is 30.3 Å². The molecule has 4 rings (SSSR count). The number of urea groups is 1. The summed E-state index contributed by atoms with van der Waals surface area (Å²) < 4.78 is 6.66. The molecule has 0 saturated carbocycles. The zero-order valence-electron chi connectivity index (χ0n) is 17.5. The molecule has 1 unspecified atom stereocenters. The van der Waals surface area contributed by atoms with E-state index in [2.05, 4.69) is 15.5 Å². The highest BCUT2D eigenvalue weighted by Gasteiger charge is 2.49. The lowest BCUT2D eigenvalue weighted by Gasteiger charge is -2.21. The fourth-order valence-electron chi connectivity index (χ4n) is 3.40. The lowest BCUT2D eigenvalue weighted by atomic mass is 9.92. The Labute approximate surface area is 194 Å². The Kier molecular flexibility index (Phi) is 5.66. The number of ether oxygens (including phenoxy) is 1. The molecule has 1 aliphatic rings. The summed E-state index contributed by atoms with van der Waals surface area (Å²) in [5, 5.41) is 12.8. The van der Waals surface area contributed by atoms with Crippen molar-refractivity contribution in [1.82, 2.24) is 20.1 Å². The van der Waals surface area contributed by atoms with Gasteiger partial charge in [-0.05, 0) is 49.7 Å². The second-order valence-electron chi connectivity index (χ2n) is 7.33. The number of methoxy groups -OCH3 is 1. The Morgan fingerprint density at radius 1 is 1.16 bits per heavy atom. The molecule has 1 saturated heterocycles. The average Bonchev–Trinajstić information content (AvgIpc) is 3.19.